The highest BCUT2D eigenvalue weighted by atomic mass is 16.4. The largest absolute Gasteiger partial charge is 0.478 e. The van der Waals surface area contributed by atoms with Gasteiger partial charge in [-0.25, -0.2) is 4.79 Å². The van der Waals surface area contributed by atoms with Crippen molar-refractivity contribution >= 4 is 11.5 Å². The Morgan fingerprint density at radius 2 is 2.14 bits per heavy atom. The van der Waals surface area contributed by atoms with Gasteiger partial charge in [0.2, 0.25) is 0 Å². The molecule has 1 N–H and O–H groups in total. The van der Waals surface area contributed by atoms with Crippen LogP contribution in [0.3, 0.4) is 0 Å². The Labute approximate surface area is 81.6 Å². The van der Waals surface area contributed by atoms with Crippen molar-refractivity contribution in [1.29, 1.82) is 0 Å². The maximum atomic E-state index is 10.9. The highest BCUT2D eigenvalue weighted by Gasteiger charge is 2.11. The van der Waals surface area contributed by atoms with Gasteiger partial charge in [-0.1, -0.05) is 0 Å². The predicted octanol–water partition coefficient (Wildman–Crippen LogP) is 2.25. The molecule has 0 saturated carbocycles. The maximum Gasteiger partial charge on any atom is 0.337 e. The first-order valence-corrected chi connectivity index (χ1v) is 4.41. The summed E-state index contributed by atoms with van der Waals surface area (Å²) in [6, 6.07) is 3.94. The van der Waals surface area contributed by atoms with Gasteiger partial charge in [-0.3, -0.25) is 0 Å². The van der Waals surface area contributed by atoms with Gasteiger partial charge in [0.05, 0.1) is 5.56 Å². The number of carbonyl (C=O) groups is 1. The number of hydrogen-bond acceptors (Lipinski definition) is 1. The van der Waals surface area contributed by atoms with Crippen LogP contribution in [0.2, 0.25) is 0 Å². The number of carboxylic acids is 1. The van der Waals surface area contributed by atoms with Gasteiger partial charge in [0.15, 0.2) is 0 Å². The fourth-order valence-electron chi connectivity index (χ4n) is 1.62. The summed E-state index contributed by atoms with van der Waals surface area (Å²) in [5.74, 6) is -0.871. The number of rotatable bonds is 1. The highest BCUT2D eigenvalue weighted by Crippen LogP contribution is 2.18. The molecule has 3 heteroatoms. The molecule has 14 heavy (non-hydrogen) atoms. The van der Waals surface area contributed by atoms with Crippen LogP contribution < -0.4 is 0 Å². The van der Waals surface area contributed by atoms with E-state index in [9.17, 15) is 4.79 Å². The Balaban J connectivity index is 2.80. The first-order chi connectivity index (χ1) is 6.59. The standard InChI is InChI=1S/C11H11NO2/c1-7-3-4-12-6-9(11(13)14)8(2)10(12)5-7/h3-6H,1-2H3,(H,13,14). The molecule has 0 fully saturated rings. The second kappa shape index (κ2) is 2.87. The lowest BCUT2D eigenvalue weighted by molar-refractivity contribution is 0.0696. The van der Waals surface area contributed by atoms with Crippen molar-refractivity contribution in [3.05, 3.63) is 41.2 Å². The molecule has 0 aliphatic rings. The van der Waals surface area contributed by atoms with E-state index in [2.05, 4.69) is 0 Å². The van der Waals surface area contributed by atoms with Gasteiger partial charge < -0.3 is 9.51 Å². The molecular weight excluding hydrogens is 178 g/mol. The molecule has 0 aliphatic heterocycles. The number of nitrogens with zero attached hydrogens (tertiary/aromatic N) is 1. The van der Waals surface area contributed by atoms with Gasteiger partial charge in [0.1, 0.15) is 0 Å². The zero-order valence-corrected chi connectivity index (χ0v) is 8.11. The Kier molecular flexibility index (Phi) is 1.81. The first-order valence-electron chi connectivity index (χ1n) is 4.41. The topological polar surface area (TPSA) is 41.7 Å². The molecule has 0 atom stereocenters. The van der Waals surface area contributed by atoms with Gasteiger partial charge >= 0.3 is 5.97 Å². The minimum absolute atomic E-state index is 0.371. The summed E-state index contributed by atoms with van der Waals surface area (Å²) in [5, 5.41) is 8.92. The second-order valence-corrected chi connectivity index (χ2v) is 3.47. The summed E-state index contributed by atoms with van der Waals surface area (Å²) in [6.45, 7) is 3.82. The number of aromatic nitrogens is 1. The van der Waals surface area contributed by atoms with E-state index in [0.717, 1.165) is 16.6 Å². The molecule has 3 nitrogen and oxygen atoms in total. The van der Waals surface area contributed by atoms with Crippen LogP contribution in [0.25, 0.3) is 5.52 Å². The van der Waals surface area contributed by atoms with E-state index in [1.165, 1.54) is 0 Å². The SMILES string of the molecule is Cc1ccn2cc(C(=O)O)c(C)c2c1. The van der Waals surface area contributed by atoms with Crippen LogP contribution in [0.5, 0.6) is 0 Å². The molecule has 2 rings (SSSR count). The predicted molar refractivity (Wildman–Crippen MR) is 53.8 cm³/mol. The van der Waals surface area contributed by atoms with Crippen molar-refractivity contribution in [2.45, 2.75) is 13.8 Å². The molecule has 2 heterocycles. The molecule has 0 aliphatic carbocycles. The Hall–Kier alpha value is -1.77. The van der Waals surface area contributed by atoms with Gasteiger partial charge in [0.25, 0.3) is 0 Å². The van der Waals surface area contributed by atoms with E-state index < -0.39 is 5.97 Å². The van der Waals surface area contributed by atoms with Crippen LogP contribution in [0.1, 0.15) is 21.5 Å². The van der Waals surface area contributed by atoms with Gasteiger partial charge in [-0.05, 0) is 37.1 Å². The van der Waals surface area contributed by atoms with Gasteiger partial charge in [-0.2, -0.15) is 0 Å². The lowest BCUT2D eigenvalue weighted by Gasteiger charge is -1.96. The van der Waals surface area contributed by atoms with Gasteiger partial charge in [0, 0.05) is 17.9 Å². The van der Waals surface area contributed by atoms with Crippen LogP contribution >= 0.6 is 0 Å². The summed E-state index contributed by atoms with van der Waals surface area (Å²) >= 11 is 0. The van der Waals surface area contributed by atoms with Crippen LogP contribution in [-0.4, -0.2) is 15.5 Å². The molecule has 0 saturated heterocycles. The van der Waals surface area contributed by atoms with E-state index in [0.29, 0.717) is 5.56 Å². The average Bonchev–Trinajstić information content (AvgIpc) is 2.44. The Bertz CT molecular complexity index is 511. The lowest BCUT2D eigenvalue weighted by atomic mass is 10.2. The minimum atomic E-state index is -0.871. The zero-order valence-electron chi connectivity index (χ0n) is 8.11. The highest BCUT2D eigenvalue weighted by molar-refractivity contribution is 5.92. The fraction of sp³-hybridized carbons (Fsp3) is 0.182. The molecule has 0 spiro atoms. The number of carboxylic acid groups (broad SMARTS) is 1. The van der Waals surface area contributed by atoms with E-state index in [1.54, 1.807) is 6.20 Å². The third-order valence-corrected chi connectivity index (χ3v) is 2.43. The van der Waals surface area contributed by atoms with Crippen molar-refractivity contribution in [2.75, 3.05) is 0 Å². The summed E-state index contributed by atoms with van der Waals surface area (Å²) in [4.78, 5) is 10.9. The summed E-state index contributed by atoms with van der Waals surface area (Å²) in [7, 11) is 0. The van der Waals surface area contributed by atoms with E-state index in [1.807, 2.05) is 36.6 Å². The van der Waals surface area contributed by atoms with Gasteiger partial charge in [-0.15, -0.1) is 0 Å². The van der Waals surface area contributed by atoms with Crippen molar-refractivity contribution in [1.82, 2.24) is 4.40 Å². The second-order valence-electron chi connectivity index (χ2n) is 3.47. The van der Waals surface area contributed by atoms with Crippen molar-refractivity contribution in [3.8, 4) is 0 Å². The van der Waals surface area contributed by atoms with Crippen LogP contribution in [0.15, 0.2) is 24.5 Å². The van der Waals surface area contributed by atoms with Crippen molar-refractivity contribution < 1.29 is 9.90 Å². The van der Waals surface area contributed by atoms with Crippen LogP contribution in [0.4, 0.5) is 0 Å². The number of hydrogen-bond donors (Lipinski definition) is 1. The molecule has 0 amide bonds. The molecule has 0 bridgehead atoms. The van der Waals surface area contributed by atoms with Crippen molar-refractivity contribution in [3.63, 3.8) is 0 Å². The maximum absolute atomic E-state index is 10.9. The normalized spacial score (nSPS) is 10.7. The number of aromatic carboxylic acids is 1. The Morgan fingerprint density at radius 3 is 2.79 bits per heavy atom. The average molecular weight is 189 g/mol. The van der Waals surface area contributed by atoms with Crippen molar-refractivity contribution in [2.24, 2.45) is 0 Å². The molecule has 0 aromatic carbocycles. The third-order valence-electron chi connectivity index (χ3n) is 2.43. The quantitative estimate of drug-likeness (QED) is 0.747. The molecule has 72 valence electrons. The van der Waals surface area contributed by atoms with Crippen LogP contribution in [0, 0.1) is 13.8 Å². The smallest absolute Gasteiger partial charge is 0.337 e. The van der Waals surface area contributed by atoms with E-state index in [4.69, 9.17) is 5.11 Å². The van der Waals surface area contributed by atoms with Crippen LogP contribution in [-0.2, 0) is 0 Å². The summed E-state index contributed by atoms with van der Waals surface area (Å²) in [6.07, 6.45) is 3.52. The van der Waals surface area contributed by atoms with E-state index in [-0.39, 0.29) is 0 Å². The summed E-state index contributed by atoms with van der Waals surface area (Å²) < 4.78 is 1.84. The first kappa shape index (κ1) is 8.81. The molecule has 2 aromatic heterocycles. The third kappa shape index (κ3) is 1.18. The minimum Gasteiger partial charge on any atom is -0.478 e. The van der Waals surface area contributed by atoms with E-state index >= 15 is 0 Å². The molecule has 2 aromatic rings. The molecule has 0 radical (unpaired) electrons. The molecule has 0 unspecified atom stereocenters. The molecular formula is C11H11NO2. The Morgan fingerprint density at radius 1 is 1.43 bits per heavy atom. The number of fused-ring (bicyclic) bond motifs is 1. The number of aryl methyl sites for hydroxylation is 2. The fourth-order valence-corrected chi connectivity index (χ4v) is 1.62. The lowest BCUT2D eigenvalue weighted by Crippen LogP contribution is -1.95. The summed E-state index contributed by atoms with van der Waals surface area (Å²) in [5.41, 5.74) is 3.29. The monoisotopic (exact) mass is 189 g/mol. The number of pyridine rings is 1. The zero-order chi connectivity index (χ0) is 10.3.